The van der Waals surface area contributed by atoms with E-state index in [9.17, 15) is 19.2 Å². The van der Waals surface area contributed by atoms with Crippen LogP contribution in [-0.4, -0.2) is 56.4 Å². The van der Waals surface area contributed by atoms with Crippen LogP contribution in [0, 0.1) is 49.4 Å². The number of hydrogen-bond acceptors (Lipinski definition) is 5. The quantitative estimate of drug-likeness (QED) is 0.0950. The molecule has 0 radical (unpaired) electrons. The molecule has 0 saturated carbocycles. The van der Waals surface area contributed by atoms with E-state index in [0.717, 1.165) is 45.2 Å². The minimum Gasteiger partial charge on any atom is -0.380 e. The van der Waals surface area contributed by atoms with Gasteiger partial charge in [-0.05, 0) is 26.2 Å². The van der Waals surface area contributed by atoms with Crippen molar-refractivity contribution in [1.82, 2.24) is 16.0 Å². The topological polar surface area (TPSA) is 114 Å². The van der Waals surface area contributed by atoms with Gasteiger partial charge >= 0.3 is 0 Å². The van der Waals surface area contributed by atoms with Crippen molar-refractivity contribution in [2.75, 3.05) is 32.8 Å². The van der Waals surface area contributed by atoms with E-state index < -0.39 is 0 Å². The molecule has 0 aliphatic rings. The number of ketones is 1. The van der Waals surface area contributed by atoms with Crippen molar-refractivity contribution in [3.8, 4) is 49.4 Å². The molecule has 0 fully saturated rings. The van der Waals surface area contributed by atoms with E-state index in [0.29, 0.717) is 58.3 Å². The molecule has 53 heavy (non-hydrogen) atoms. The fraction of sp³-hybridized carbons (Fsp3) is 0.733. The summed E-state index contributed by atoms with van der Waals surface area (Å²) in [4.78, 5) is 42.9. The Labute approximate surface area is 338 Å². The third-order valence-corrected chi connectivity index (χ3v) is 4.56. The molecule has 3 amide bonds. The average molecular weight is 764 g/mol. The maximum Gasteiger partial charge on any atom is 0.232 e. The van der Waals surface area contributed by atoms with Crippen LogP contribution in [0.15, 0.2) is 0 Å². The second-order valence-electron chi connectivity index (χ2n) is 8.41. The molecule has 0 aromatic carbocycles. The number of ether oxygens (including phenoxy) is 1. The van der Waals surface area contributed by atoms with Crippen LogP contribution in [-0.2, 0) is 23.9 Å². The zero-order valence-corrected chi connectivity index (χ0v) is 25.9. The Morgan fingerprint density at radius 2 is 0.830 bits per heavy atom. The summed E-state index contributed by atoms with van der Waals surface area (Å²) in [6, 6.07) is 0. The van der Waals surface area contributed by atoms with Gasteiger partial charge in [-0.1, -0.05) is 135 Å². The summed E-state index contributed by atoms with van der Waals surface area (Å²) in [6.07, 6.45) is 28.0. The highest BCUT2D eigenvalue weighted by Gasteiger charge is 1.98. The monoisotopic (exact) mass is 764 g/mol. The lowest BCUT2D eigenvalue weighted by Gasteiger charge is -2.03. The summed E-state index contributed by atoms with van der Waals surface area (Å²) in [6.45, 7) is 11.4. The Morgan fingerprint density at radius 3 is 1.13 bits per heavy atom. The van der Waals surface area contributed by atoms with Gasteiger partial charge in [0, 0.05) is 58.3 Å². The van der Waals surface area contributed by atoms with Crippen molar-refractivity contribution >= 4 is 23.5 Å². The molecule has 8 nitrogen and oxygen atoms in total. The van der Waals surface area contributed by atoms with Gasteiger partial charge in [0.05, 0.1) is 19.4 Å². The van der Waals surface area contributed by atoms with E-state index in [2.05, 4.69) is 53.5 Å². The van der Waals surface area contributed by atoms with Crippen molar-refractivity contribution < 1.29 is 23.9 Å². The van der Waals surface area contributed by atoms with Crippen molar-refractivity contribution in [1.29, 1.82) is 0 Å². The van der Waals surface area contributed by atoms with Crippen molar-refractivity contribution in [3.63, 3.8) is 0 Å². The third kappa shape index (κ3) is 121. The molecule has 0 aromatic rings. The molecular formula is C45H101N3O5. The van der Waals surface area contributed by atoms with Crippen LogP contribution in [0.5, 0.6) is 0 Å². The highest BCUT2D eigenvalue weighted by atomic mass is 16.5. The van der Waals surface area contributed by atoms with E-state index in [1.54, 1.807) is 0 Å². The van der Waals surface area contributed by atoms with Crippen LogP contribution in [0.2, 0.25) is 0 Å². The molecule has 0 aliphatic carbocycles. The molecule has 0 atom stereocenters. The second kappa shape index (κ2) is 97.4. The number of hydrogen-bond donors (Lipinski definition) is 3. The Hall–Kier alpha value is -3.72. The van der Waals surface area contributed by atoms with Crippen LogP contribution in [0.4, 0.5) is 0 Å². The van der Waals surface area contributed by atoms with Crippen molar-refractivity contribution in [2.24, 2.45) is 0 Å². The molecule has 0 spiro atoms. The Kier molecular flexibility index (Phi) is 191. The summed E-state index contributed by atoms with van der Waals surface area (Å²) in [5, 5.41) is 8.18. The van der Waals surface area contributed by atoms with Gasteiger partial charge in [-0.15, -0.1) is 37.5 Å². The first-order valence-corrected chi connectivity index (χ1v) is 14.4. The largest absolute Gasteiger partial charge is 0.380 e. The lowest BCUT2D eigenvalue weighted by molar-refractivity contribution is -0.121. The average Bonchev–Trinajstić information content (AvgIpc) is 2.95. The first-order chi connectivity index (χ1) is 19.7. The molecule has 0 aromatic heterocycles. The van der Waals surface area contributed by atoms with Gasteiger partial charge in [-0.2, -0.15) is 0 Å². The van der Waals surface area contributed by atoms with Gasteiger partial charge in [-0.3, -0.25) is 19.2 Å². The van der Waals surface area contributed by atoms with Crippen LogP contribution in [0.1, 0.15) is 194 Å². The lowest BCUT2D eigenvalue weighted by atomic mass is 10.2. The van der Waals surface area contributed by atoms with E-state index >= 15 is 0 Å². The molecule has 0 heterocycles. The second-order valence-corrected chi connectivity index (χ2v) is 8.41. The minimum absolute atomic E-state index is 0. The number of carbonyl (C=O) groups is 4. The van der Waals surface area contributed by atoms with Gasteiger partial charge < -0.3 is 20.7 Å². The van der Waals surface area contributed by atoms with Crippen LogP contribution in [0.25, 0.3) is 0 Å². The van der Waals surface area contributed by atoms with E-state index in [-0.39, 0.29) is 119 Å². The number of amides is 3. The lowest BCUT2D eigenvalue weighted by Crippen LogP contribution is -2.26. The zero-order valence-electron chi connectivity index (χ0n) is 25.9. The summed E-state index contributed by atoms with van der Waals surface area (Å²) in [7, 11) is 0. The summed E-state index contributed by atoms with van der Waals surface area (Å²) < 4.78 is 5.03. The van der Waals surface area contributed by atoms with Gasteiger partial charge in [-0.25, -0.2) is 0 Å². The van der Waals surface area contributed by atoms with Gasteiger partial charge in [0.15, 0.2) is 0 Å². The normalized spacial score (nSPS) is 6.64. The molecule has 3 N–H and O–H groups in total. The molecule has 326 valence electrons. The Bertz CT molecular complexity index is 829. The van der Waals surface area contributed by atoms with Gasteiger partial charge in [0.2, 0.25) is 17.7 Å². The summed E-state index contributed by atoms with van der Waals surface area (Å²) in [5.74, 6) is 9.61. The number of Topliss-reactive ketones (excluding diaryl/α,β-unsaturated/α-hetero) is 1. The Morgan fingerprint density at radius 1 is 0.472 bits per heavy atom. The van der Waals surface area contributed by atoms with Crippen molar-refractivity contribution in [3.05, 3.63) is 0 Å². The molecule has 8 heteroatoms. The number of nitrogens with one attached hydrogen (secondary N) is 3. The number of terminal acetylenes is 4. The highest BCUT2D eigenvalue weighted by molar-refractivity contribution is 5.80. The van der Waals surface area contributed by atoms with Crippen LogP contribution in [0.3, 0.4) is 0 Å². The van der Waals surface area contributed by atoms with Gasteiger partial charge in [0.25, 0.3) is 0 Å². The standard InChI is InChI=1S/C9H15NO2.C9H15NO.C8H13NO.C7H10O.12CH4/c1-3-5-6-9(11)10-7-8-12-4-2;1-3-5-7-9(11)10-8-6-4-2;1-3-5-7-9-8(10)6-4-2;1-3-5-7(8)6-4-2;;;;;;;;;;;;/h1H,4-8H2,2H3,(H,10,11);1H,4-8H2,2H3,(H,10,11);2H,3,5-7H2,1H3,(H,9,10);1H,4-6H2,2H3;12*1H4. The number of unbranched alkanes of at least 4 members (excludes halogenated alkanes) is 2. The van der Waals surface area contributed by atoms with E-state index in [1.807, 2.05) is 13.8 Å². The van der Waals surface area contributed by atoms with E-state index in [4.69, 9.17) is 30.4 Å². The summed E-state index contributed by atoms with van der Waals surface area (Å²) in [5.41, 5.74) is 0. The van der Waals surface area contributed by atoms with E-state index in [1.165, 1.54) is 0 Å². The molecule has 0 bridgehead atoms. The number of rotatable bonds is 18. The fourth-order valence-electron chi connectivity index (χ4n) is 2.40. The molecular weight excluding hydrogens is 663 g/mol. The maximum atomic E-state index is 10.9. The first-order valence-electron chi connectivity index (χ1n) is 14.4. The van der Waals surface area contributed by atoms with Crippen LogP contribution < -0.4 is 16.0 Å². The predicted molar refractivity (Wildman–Crippen MR) is 249 cm³/mol. The first kappa shape index (κ1) is 104. The third-order valence-electron chi connectivity index (χ3n) is 4.56. The van der Waals surface area contributed by atoms with Gasteiger partial charge in [0.1, 0.15) is 5.78 Å². The smallest absolute Gasteiger partial charge is 0.232 e. The fourth-order valence-corrected chi connectivity index (χ4v) is 2.40. The van der Waals surface area contributed by atoms with Crippen molar-refractivity contribution in [2.45, 2.75) is 194 Å². The molecule has 0 unspecified atom stereocenters. The highest BCUT2D eigenvalue weighted by Crippen LogP contribution is 1.91. The molecule has 0 aliphatic heterocycles. The SMILES string of the molecule is C.C.C.C.C.C.C.C.C.C.C.C.C#CCC(=O)CCC.C#CCC(=O)NCCCC.C#CCCC(=O)NCCCC.C#CCCC(=O)NCCOCC. The predicted octanol–water partition coefficient (Wildman–Crippen LogP) is 11.8. The minimum atomic E-state index is -0.0454. The molecule has 0 saturated heterocycles. The molecule has 0 rings (SSSR count). The maximum absolute atomic E-state index is 10.9. The Balaban J connectivity index is -0.0000000230. The van der Waals surface area contributed by atoms with Crippen LogP contribution >= 0.6 is 0 Å². The summed E-state index contributed by atoms with van der Waals surface area (Å²) >= 11 is 0. The number of carbonyl (C=O) groups excluding carboxylic acids is 4. The zero-order chi connectivity index (χ0) is 32.0.